The molecule has 2 amide bonds. The van der Waals surface area contributed by atoms with Gasteiger partial charge in [-0.25, -0.2) is 0 Å². The molecule has 0 radical (unpaired) electrons. The first-order valence-corrected chi connectivity index (χ1v) is 11.2. The van der Waals surface area contributed by atoms with Crippen LogP contribution in [0.3, 0.4) is 0 Å². The van der Waals surface area contributed by atoms with E-state index in [1.807, 2.05) is 18.2 Å². The van der Waals surface area contributed by atoms with Crippen molar-refractivity contribution in [2.24, 2.45) is 0 Å². The summed E-state index contributed by atoms with van der Waals surface area (Å²) in [5.41, 5.74) is -0.0730. The Morgan fingerprint density at radius 3 is 2.74 bits per heavy atom. The first-order chi connectivity index (χ1) is 15.0. The monoisotopic (exact) mass is 429 g/mol. The van der Waals surface area contributed by atoms with Gasteiger partial charge in [-0.2, -0.15) is 0 Å². The van der Waals surface area contributed by atoms with Crippen molar-refractivity contribution in [3.05, 3.63) is 29.8 Å². The molecule has 0 aliphatic carbocycles. The topological polar surface area (TPSA) is 88.2 Å². The average Bonchev–Trinajstić information content (AvgIpc) is 2.93. The van der Waals surface area contributed by atoms with Crippen molar-refractivity contribution in [3.8, 4) is 5.75 Å². The second-order valence-corrected chi connectivity index (χ2v) is 8.64. The molecule has 4 rings (SSSR count). The summed E-state index contributed by atoms with van der Waals surface area (Å²) in [6, 6.07) is 6.71. The quantitative estimate of drug-likeness (QED) is 0.758. The maximum atomic E-state index is 12.8. The fourth-order valence-corrected chi connectivity index (χ4v) is 4.64. The van der Waals surface area contributed by atoms with E-state index in [0.717, 1.165) is 32.8 Å². The molecule has 3 heterocycles. The van der Waals surface area contributed by atoms with Gasteiger partial charge >= 0.3 is 0 Å². The predicted octanol–water partition coefficient (Wildman–Crippen LogP) is 1.24. The third-order valence-electron chi connectivity index (χ3n) is 6.60. The number of fused-ring (bicyclic) bond motifs is 1. The summed E-state index contributed by atoms with van der Waals surface area (Å²) in [5.74, 6) is 0.427. The molecule has 8 heteroatoms. The largest absolute Gasteiger partial charge is 0.486 e. The number of rotatable bonds is 5. The van der Waals surface area contributed by atoms with E-state index in [1.54, 1.807) is 17.9 Å². The summed E-state index contributed by atoms with van der Waals surface area (Å²) in [5, 5.41) is 2.96. The van der Waals surface area contributed by atoms with Crippen LogP contribution in [0.5, 0.6) is 5.75 Å². The van der Waals surface area contributed by atoms with Gasteiger partial charge in [0.1, 0.15) is 17.4 Å². The molecule has 0 unspecified atom stereocenters. The Hall–Kier alpha value is -2.45. The number of morpholine rings is 1. The number of ether oxygens (including phenoxy) is 2. The zero-order valence-corrected chi connectivity index (χ0v) is 18.1. The molecular formula is C23H31N3O5. The van der Waals surface area contributed by atoms with Crippen LogP contribution in [0.4, 0.5) is 0 Å². The van der Waals surface area contributed by atoms with Crippen molar-refractivity contribution >= 4 is 17.6 Å². The number of likely N-dealkylation sites (tertiary alicyclic amines) is 1. The van der Waals surface area contributed by atoms with Gasteiger partial charge in [0, 0.05) is 45.6 Å². The number of nitrogens with zero attached hydrogens (tertiary/aromatic N) is 2. The van der Waals surface area contributed by atoms with Gasteiger partial charge in [-0.15, -0.1) is 0 Å². The number of carbonyl (C=O) groups excluding carboxylic acids is 3. The van der Waals surface area contributed by atoms with Gasteiger partial charge < -0.3 is 19.7 Å². The standard InChI is InChI=1S/C23H31N3O5/c1-17(22(29)24-9-11-25-12-14-30-15-13-25)26-10-8-23(7-6-21(26)28)16-19(27)18-4-2-3-5-20(18)31-23/h2-5,17H,6-16H2,1H3,(H,24,29)/t17-,23-/m0/s1. The molecule has 1 spiro atoms. The molecule has 1 aromatic carbocycles. The third-order valence-corrected chi connectivity index (χ3v) is 6.60. The Bertz CT molecular complexity index is 838. The highest BCUT2D eigenvalue weighted by molar-refractivity contribution is 6.00. The maximum Gasteiger partial charge on any atom is 0.242 e. The lowest BCUT2D eigenvalue weighted by Gasteiger charge is -2.37. The number of Topliss-reactive ketones (excluding diaryl/α,β-unsaturated/α-hetero) is 1. The van der Waals surface area contributed by atoms with Crippen LogP contribution in [0, 0.1) is 0 Å². The molecule has 3 aliphatic rings. The normalized spacial score (nSPS) is 25.5. The van der Waals surface area contributed by atoms with Gasteiger partial charge in [0.25, 0.3) is 0 Å². The van der Waals surface area contributed by atoms with Gasteiger partial charge in [-0.05, 0) is 25.5 Å². The molecular weight excluding hydrogens is 398 g/mol. The van der Waals surface area contributed by atoms with Crippen LogP contribution in [0.2, 0.25) is 0 Å². The Morgan fingerprint density at radius 2 is 1.94 bits per heavy atom. The Balaban J connectivity index is 1.34. The number of nitrogens with one attached hydrogen (secondary N) is 1. The van der Waals surface area contributed by atoms with Crippen LogP contribution >= 0.6 is 0 Å². The SMILES string of the molecule is C[C@@H](C(=O)NCCN1CCOCC1)N1CC[C@@]2(CCC1=O)CC(=O)c1ccccc1O2. The van der Waals surface area contributed by atoms with Crippen molar-refractivity contribution in [1.29, 1.82) is 0 Å². The van der Waals surface area contributed by atoms with Crippen LogP contribution in [-0.4, -0.2) is 85.0 Å². The first kappa shape index (κ1) is 21.8. The fraction of sp³-hybridized carbons (Fsp3) is 0.609. The van der Waals surface area contributed by atoms with E-state index in [1.165, 1.54) is 0 Å². The van der Waals surface area contributed by atoms with E-state index in [0.29, 0.717) is 37.2 Å². The van der Waals surface area contributed by atoms with Crippen LogP contribution in [-0.2, 0) is 14.3 Å². The number of carbonyl (C=O) groups is 3. The smallest absolute Gasteiger partial charge is 0.242 e. The number of hydrogen-bond acceptors (Lipinski definition) is 6. The van der Waals surface area contributed by atoms with E-state index in [-0.39, 0.29) is 30.4 Å². The maximum absolute atomic E-state index is 12.8. The Labute approximate surface area is 182 Å². The van der Waals surface area contributed by atoms with E-state index >= 15 is 0 Å². The van der Waals surface area contributed by atoms with Crippen molar-refractivity contribution < 1.29 is 23.9 Å². The van der Waals surface area contributed by atoms with Gasteiger partial charge in [0.2, 0.25) is 11.8 Å². The van der Waals surface area contributed by atoms with E-state index in [9.17, 15) is 14.4 Å². The summed E-state index contributed by atoms with van der Waals surface area (Å²) in [6.45, 7) is 6.68. The molecule has 8 nitrogen and oxygen atoms in total. The molecule has 168 valence electrons. The average molecular weight is 430 g/mol. The molecule has 2 saturated heterocycles. The summed E-state index contributed by atoms with van der Waals surface area (Å²) < 4.78 is 11.6. The molecule has 1 aromatic rings. The predicted molar refractivity (Wildman–Crippen MR) is 114 cm³/mol. The van der Waals surface area contributed by atoms with Gasteiger partial charge in [-0.1, -0.05) is 12.1 Å². The lowest BCUT2D eigenvalue weighted by molar-refractivity contribution is -0.139. The molecule has 3 aliphatic heterocycles. The van der Waals surface area contributed by atoms with Gasteiger partial charge in [0.05, 0.1) is 25.2 Å². The minimum absolute atomic E-state index is 0.0525. The third kappa shape index (κ3) is 4.91. The van der Waals surface area contributed by atoms with Gasteiger partial charge in [0.15, 0.2) is 5.78 Å². The summed E-state index contributed by atoms with van der Waals surface area (Å²) in [4.78, 5) is 42.1. The Kier molecular flexibility index (Phi) is 6.57. The number of ketones is 1. The minimum Gasteiger partial charge on any atom is -0.486 e. The highest BCUT2D eigenvalue weighted by atomic mass is 16.5. The minimum atomic E-state index is -0.678. The van der Waals surface area contributed by atoms with E-state index < -0.39 is 11.6 Å². The summed E-state index contributed by atoms with van der Waals surface area (Å²) >= 11 is 0. The summed E-state index contributed by atoms with van der Waals surface area (Å²) in [7, 11) is 0. The van der Waals surface area contributed by atoms with Crippen LogP contribution < -0.4 is 10.1 Å². The molecule has 31 heavy (non-hydrogen) atoms. The number of para-hydroxylation sites is 1. The van der Waals surface area contributed by atoms with Crippen molar-refractivity contribution in [2.45, 2.75) is 44.2 Å². The van der Waals surface area contributed by atoms with Crippen LogP contribution in [0.1, 0.15) is 43.0 Å². The summed E-state index contributed by atoms with van der Waals surface area (Å²) in [6.07, 6.45) is 1.55. The Morgan fingerprint density at radius 1 is 1.16 bits per heavy atom. The number of benzene rings is 1. The second-order valence-electron chi connectivity index (χ2n) is 8.64. The zero-order chi connectivity index (χ0) is 21.8. The molecule has 2 fully saturated rings. The van der Waals surface area contributed by atoms with Crippen molar-refractivity contribution in [1.82, 2.24) is 15.1 Å². The van der Waals surface area contributed by atoms with E-state index in [2.05, 4.69) is 10.2 Å². The van der Waals surface area contributed by atoms with Crippen LogP contribution in [0.25, 0.3) is 0 Å². The number of hydrogen-bond donors (Lipinski definition) is 1. The molecule has 0 aromatic heterocycles. The fourth-order valence-electron chi connectivity index (χ4n) is 4.64. The lowest BCUT2D eigenvalue weighted by atomic mass is 9.84. The molecule has 0 bridgehead atoms. The zero-order valence-electron chi connectivity index (χ0n) is 18.1. The molecule has 2 atom stereocenters. The molecule has 1 N–H and O–H groups in total. The van der Waals surface area contributed by atoms with E-state index in [4.69, 9.17) is 9.47 Å². The van der Waals surface area contributed by atoms with Crippen LogP contribution in [0.15, 0.2) is 24.3 Å². The van der Waals surface area contributed by atoms with Crippen molar-refractivity contribution in [2.75, 3.05) is 45.9 Å². The highest BCUT2D eigenvalue weighted by Crippen LogP contribution is 2.39. The number of amides is 2. The first-order valence-electron chi connectivity index (χ1n) is 11.2. The second kappa shape index (κ2) is 9.36. The lowest BCUT2D eigenvalue weighted by Crippen LogP contribution is -2.50. The van der Waals surface area contributed by atoms with Crippen molar-refractivity contribution in [3.63, 3.8) is 0 Å². The van der Waals surface area contributed by atoms with Gasteiger partial charge in [-0.3, -0.25) is 19.3 Å². The molecule has 0 saturated carbocycles. The highest BCUT2D eigenvalue weighted by Gasteiger charge is 2.44.